The fourth-order valence-corrected chi connectivity index (χ4v) is 0.998. The number of carbonyl (C=O) groups excluding carboxylic acids is 1. The van der Waals surface area contributed by atoms with Crippen molar-refractivity contribution < 1.29 is 9.90 Å². The van der Waals surface area contributed by atoms with E-state index in [0.717, 1.165) is 12.8 Å². The van der Waals surface area contributed by atoms with Crippen molar-refractivity contribution in [2.24, 2.45) is 5.92 Å². The summed E-state index contributed by atoms with van der Waals surface area (Å²) in [5.41, 5.74) is 0. The van der Waals surface area contributed by atoms with Crippen molar-refractivity contribution in [1.29, 1.82) is 0 Å². The number of Topliss-reactive ketones (excluding diaryl/α,β-unsaturated/α-hetero) is 1. The lowest BCUT2D eigenvalue weighted by atomic mass is 9.98. The van der Waals surface area contributed by atoms with Crippen LogP contribution in [0.1, 0.15) is 39.5 Å². The van der Waals surface area contributed by atoms with Gasteiger partial charge in [0.2, 0.25) is 0 Å². The molecule has 1 N–H and O–H groups in total. The van der Waals surface area contributed by atoms with Crippen molar-refractivity contribution in [3.8, 4) is 12.0 Å². The van der Waals surface area contributed by atoms with Crippen molar-refractivity contribution >= 4 is 5.78 Å². The van der Waals surface area contributed by atoms with Crippen LogP contribution in [-0.4, -0.2) is 10.9 Å². The zero-order valence-corrected chi connectivity index (χ0v) is 7.76. The summed E-state index contributed by atoms with van der Waals surface area (Å²) in [5.74, 6) is 2.92. The second-order valence-electron chi connectivity index (χ2n) is 2.94. The van der Waals surface area contributed by atoms with Gasteiger partial charge in [0.05, 0.1) is 0 Å². The number of hydrogen-bond donors (Lipinski definition) is 1. The first-order chi connectivity index (χ1) is 5.72. The monoisotopic (exact) mass is 168 g/mol. The number of aliphatic hydroxyl groups excluding tert-OH is 1. The molecule has 0 amide bonds. The van der Waals surface area contributed by atoms with Crippen LogP contribution in [0.2, 0.25) is 0 Å². The maximum absolute atomic E-state index is 11.2. The van der Waals surface area contributed by atoms with Crippen LogP contribution in [0, 0.1) is 17.9 Å². The average Bonchev–Trinajstić information content (AvgIpc) is 2.05. The molecular weight excluding hydrogens is 152 g/mol. The lowest BCUT2D eigenvalue weighted by Crippen LogP contribution is -2.09. The molecule has 0 spiro atoms. The molecule has 0 bridgehead atoms. The summed E-state index contributed by atoms with van der Waals surface area (Å²) in [6, 6.07) is 0. The predicted molar refractivity (Wildman–Crippen MR) is 48.0 cm³/mol. The van der Waals surface area contributed by atoms with E-state index in [4.69, 9.17) is 5.11 Å². The van der Waals surface area contributed by atoms with Crippen LogP contribution in [0.5, 0.6) is 0 Å². The summed E-state index contributed by atoms with van der Waals surface area (Å²) in [4.78, 5) is 11.2. The minimum Gasteiger partial charge on any atom is -0.462 e. The topological polar surface area (TPSA) is 37.3 Å². The minimum absolute atomic E-state index is 0.0887. The van der Waals surface area contributed by atoms with Gasteiger partial charge in [-0.1, -0.05) is 19.8 Å². The van der Waals surface area contributed by atoms with E-state index >= 15 is 0 Å². The second kappa shape index (κ2) is 6.72. The van der Waals surface area contributed by atoms with Gasteiger partial charge in [-0.3, -0.25) is 4.79 Å². The van der Waals surface area contributed by atoms with Gasteiger partial charge >= 0.3 is 0 Å². The van der Waals surface area contributed by atoms with Crippen molar-refractivity contribution in [2.45, 2.75) is 39.5 Å². The van der Waals surface area contributed by atoms with Crippen LogP contribution in [0.15, 0.2) is 0 Å². The van der Waals surface area contributed by atoms with E-state index in [-0.39, 0.29) is 5.92 Å². The molecule has 0 heterocycles. The van der Waals surface area contributed by atoms with Gasteiger partial charge in [-0.2, -0.15) is 0 Å². The molecule has 0 aromatic heterocycles. The van der Waals surface area contributed by atoms with Crippen LogP contribution >= 0.6 is 0 Å². The van der Waals surface area contributed by atoms with Gasteiger partial charge in [0, 0.05) is 18.8 Å². The predicted octanol–water partition coefficient (Wildman–Crippen LogP) is 2.11. The van der Waals surface area contributed by atoms with E-state index in [1.165, 1.54) is 0 Å². The summed E-state index contributed by atoms with van der Waals surface area (Å²) in [6.07, 6.45) is 4.77. The number of ketones is 1. The minimum atomic E-state index is 0.0887. The SMILES string of the molecule is CCCC(=O)C(C)CCC#CO. The molecule has 0 saturated carbocycles. The van der Waals surface area contributed by atoms with Crippen molar-refractivity contribution in [3.05, 3.63) is 0 Å². The lowest BCUT2D eigenvalue weighted by molar-refractivity contribution is -0.122. The Kier molecular flexibility index (Phi) is 6.18. The highest BCUT2D eigenvalue weighted by Gasteiger charge is 2.09. The van der Waals surface area contributed by atoms with Gasteiger partial charge in [0.25, 0.3) is 0 Å². The molecule has 68 valence electrons. The maximum Gasteiger partial charge on any atom is 0.135 e. The largest absolute Gasteiger partial charge is 0.462 e. The van der Waals surface area contributed by atoms with Crippen molar-refractivity contribution in [1.82, 2.24) is 0 Å². The van der Waals surface area contributed by atoms with E-state index < -0.39 is 0 Å². The number of aliphatic hydroxyl groups is 1. The van der Waals surface area contributed by atoms with Crippen LogP contribution in [0.25, 0.3) is 0 Å². The third-order valence-electron chi connectivity index (χ3n) is 1.83. The fourth-order valence-electron chi connectivity index (χ4n) is 0.998. The van der Waals surface area contributed by atoms with Crippen LogP contribution in [0.4, 0.5) is 0 Å². The number of hydrogen-bond acceptors (Lipinski definition) is 2. The van der Waals surface area contributed by atoms with Gasteiger partial charge in [0.1, 0.15) is 11.9 Å². The first kappa shape index (κ1) is 11.0. The third-order valence-corrected chi connectivity index (χ3v) is 1.83. The Bertz CT molecular complexity index is 186. The standard InChI is InChI=1S/C10H16O2/c1-3-6-10(12)9(2)7-4-5-8-11/h9,11H,3-4,6-7H2,1-2H3. The van der Waals surface area contributed by atoms with Gasteiger partial charge in [-0.15, -0.1) is 0 Å². The Morgan fingerprint density at radius 1 is 1.58 bits per heavy atom. The molecule has 0 rings (SSSR count). The Labute approximate surface area is 74.0 Å². The molecule has 0 aliphatic heterocycles. The molecule has 12 heavy (non-hydrogen) atoms. The van der Waals surface area contributed by atoms with Crippen LogP contribution in [0.3, 0.4) is 0 Å². The Morgan fingerprint density at radius 3 is 2.75 bits per heavy atom. The molecule has 0 radical (unpaired) electrons. The summed E-state index contributed by atoms with van der Waals surface area (Å²) in [5, 5.41) is 8.18. The van der Waals surface area contributed by atoms with Gasteiger partial charge in [-0.05, 0) is 12.8 Å². The van der Waals surface area contributed by atoms with E-state index in [2.05, 4.69) is 5.92 Å². The molecule has 2 nitrogen and oxygen atoms in total. The quantitative estimate of drug-likeness (QED) is 0.638. The molecule has 0 aliphatic carbocycles. The van der Waals surface area contributed by atoms with E-state index in [9.17, 15) is 4.79 Å². The smallest absolute Gasteiger partial charge is 0.135 e. The Morgan fingerprint density at radius 2 is 2.25 bits per heavy atom. The van der Waals surface area contributed by atoms with Gasteiger partial charge in [0.15, 0.2) is 0 Å². The molecule has 0 fully saturated rings. The zero-order valence-electron chi connectivity index (χ0n) is 7.76. The average molecular weight is 168 g/mol. The maximum atomic E-state index is 11.2. The fraction of sp³-hybridized carbons (Fsp3) is 0.700. The third kappa shape index (κ3) is 4.79. The molecule has 0 aromatic carbocycles. The number of carbonyl (C=O) groups is 1. The molecule has 0 aromatic rings. The molecule has 0 aliphatic rings. The van der Waals surface area contributed by atoms with E-state index in [1.807, 2.05) is 20.0 Å². The summed E-state index contributed by atoms with van der Waals surface area (Å²) >= 11 is 0. The normalized spacial score (nSPS) is 11.5. The van der Waals surface area contributed by atoms with Crippen molar-refractivity contribution in [2.75, 3.05) is 0 Å². The summed E-state index contributed by atoms with van der Waals surface area (Å²) in [6.45, 7) is 3.91. The Balaban J connectivity index is 3.61. The first-order valence-corrected chi connectivity index (χ1v) is 4.37. The Hall–Kier alpha value is -0.970. The second-order valence-corrected chi connectivity index (χ2v) is 2.94. The van der Waals surface area contributed by atoms with Gasteiger partial charge < -0.3 is 5.11 Å². The molecule has 0 saturated heterocycles. The highest BCUT2D eigenvalue weighted by Crippen LogP contribution is 2.09. The van der Waals surface area contributed by atoms with Crippen LogP contribution in [-0.2, 0) is 4.79 Å². The summed E-state index contributed by atoms with van der Waals surface area (Å²) in [7, 11) is 0. The molecule has 2 heteroatoms. The summed E-state index contributed by atoms with van der Waals surface area (Å²) < 4.78 is 0. The number of rotatable bonds is 5. The van der Waals surface area contributed by atoms with E-state index in [1.54, 1.807) is 0 Å². The molecular formula is C10H16O2. The lowest BCUT2D eigenvalue weighted by Gasteiger charge is -2.06. The highest BCUT2D eigenvalue weighted by molar-refractivity contribution is 5.80. The van der Waals surface area contributed by atoms with Gasteiger partial charge in [-0.25, -0.2) is 0 Å². The van der Waals surface area contributed by atoms with Crippen molar-refractivity contribution in [3.63, 3.8) is 0 Å². The molecule has 1 unspecified atom stereocenters. The van der Waals surface area contributed by atoms with E-state index in [0.29, 0.717) is 18.6 Å². The highest BCUT2D eigenvalue weighted by atomic mass is 16.2. The molecule has 1 atom stereocenters. The zero-order chi connectivity index (χ0) is 9.40. The first-order valence-electron chi connectivity index (χ1n) is 4.37. The van der Waals surface area contributed by atoms with Crippen LogP contribution < -0.4 is 0 Å².